The van der Waals surface area contributed by atoms with Gasteiger partial charge in [0.1, 0.15) is 6.04 Å². The van der Waals surface area contributed by atoms with E-state index in [4.69, 9.17) is 4.74 Å². The van der Waals surface area contributed by atoms with E-state index in [-0.39, 0.29) is 29.2 Å². The summed E-state index contributed by atoms with van der Waals surface area (Å²) in [6.45, 7) is 2.83. The van der Waals surface area contributed by atoms with Gasteiger partial charge < -0.3 is 4.74 Å². The number of anilines is 1. The van der Waals surface area contributed by atoms with Crippen molar-refractivity contribution in [1.82, 2.24) is 4.90 Å². The number of esters is 1. The number of fused-ring (bicyclic) bond motifs is 1. The molecule has 1 aliphatic carbocycles. The number of hydrogen-bond donors (Lipinski definition) is 1. The lowest BCUT2D eigenvalue weighted by Gasteiger charge is -2.23. The summed E-state index contributed by atoms with van der Waals surface area (Å²) >= 11 is 0. The van der Waals surface area contributed by atoms with Crippen LogP contribution in [-0.4, -0.2) is 55.3 Å². The van der Waals surface area contributed by atoms with E-state index in [1.807, 2.05) is 0 Å². The van der Waals surface area contributed by atoms with Crippen LogP contribution in [0.5, 0.6) is 0 Å². The maximum Gasteiger partial charge on any atom is 0.329 e. The summed E-state index contributed by atoms with van der Waals surface area (Å²) in [5, 5.41) is 0. The van der Waals surface area contributed by atoms with Gasteiger partial charge in [0, 0.05) is 11.3 Å². The van der Waals surface area contributed by atoms with Gasteiger partial charge in [0.15, 0.2) is 6.10 Å². The maximum absolute atomic E-state index is 12.6. The number of amides is 2. The van der Waals surface area contributed by atoms with E-state index in [1.165, 1.54) is 38.1 Å². The first-order valence-corrected chi connectivity index (χ1v) is 12.1. The zero-order valence-corrected chi connectivity index (χ0v) is 18.5. The number of imide groups is 1. The number of likely N-dealkylation sites (tertiary alicyclic amines) is 1. The highest BCUT2D eigenvalue weighted by atomic mass is 32.2. The minimum absolute atomic E-state index is 0.228. The fraction of sp³-hybridized carbons (Fsp3) is 0.524. The number of ether oxygens (including phenoxy) is 1. The molecule has 0 aromatic heterocycles. The first kappa shape index (κ1) is 22.9. The Morgan fingerprint density at radius 3 is 2.03 bits per heavy atom. The van der Waals surface area contributed by atoms with Crippen LogP contribution in [0, 0.1) is 11.8 Å². The molecule has 0 radical (unpaired) electrons. The molecule has 0 spiro atoms. The molecule has 0 bridgehead atoms. The number of Topliss-reactive ketones (excluding diaryl/α,β-unsaturated/α-hetero) is 1. The lowest BCUT2D eigenvalue weighted by Crippen LogP contribution is -2.45. The van der Waals surface area contributed by atoms with Gasteiger partial charge in [-0.15, -0.1) is 0 Å². The van der Waals surface area contributed by atoms with E-state index in [1.54, 1.807) is 0 Å². The van der Waals surface area contributed by atoms with E-state index in [0.717, 1.165) is 24.0 Å². The number of nitrogens with zero attached hydrogens (tertiary/aromatic N) is 1. The Balaban J connectivity index is 1.63. The lowest BCUT2D eigenvalue weighted by atomic mass is 9.81. The molecule has 2 aliphatic rings. The summed E-state index contributed by atoms with van der Waals surface area (Å²) < 4.78 is 30.1. The SMILES string of the molecule is CC(OC(=O)C(C)N1C(=O)C2CCCCC2C1=O)C(=O)c1ccc(NS(C)(=O)=O)cc1. The molecule has 1 saturated carbocycles. The molecule has 31 heavy (non-hydrogen) atoms. The third kappa shape index (κ3) is 4.95. The quantitative estimate of drug-likeness (QED) is 0.381. The minimum Gasteiger partial charge on any atom is -0.453 e. The predicted molar refractivity (Wildman–Crippen MR) is 112 cm³/mol. The van der Waals surface area contributed by atoms with Crippen molar-refractivity contribution in [3.63, 3.8) is 0 Å². The van der Waals surface area contributed by atoms with Crippen LogP contribution in [0.4, 0.5) is 5.69 Å². The first-order chi connectivity index (χ1) is 14.5. The standard InChI is InChI=1S/C21H26N2O7S/c1-12(23-19(25)16-6-4-5-7-17(16)20(23)26)21(27)30-13(2)18(24)14-8-10-15(11-9-14)22-31(3,28)29/h8-13,16-17,22H,4-7H2,1-3H3. The van der Waals surface area contributed by atoms with Gasteiger partial charge in [-0.25, -0.2) is 13.2 Å². The van der Waals surface area contributed by atoms with Gasteiger partial charge in [-0.05, 0) is 51.0 Å². The summed E-state index contributed by atoms with van der Waals surface area (Å²) in [5.74, 6) is -2.72. The number of rotatable bonds is 7. The van der Waals surface area contributed by atoms with Crippen molar-refractivity contribution >= 4 is 39.3 Å². The number of benzene rings is 1. The number of carbonyl (C=O) groups is 4. The Bertz CT molecular complexity index is 979. The van der Waals surface area contributed by atoms with E-state index in [9.17, 15) is 27.6 Å². The molecular weight excluding hydrogens is 424 g/mol. The molecule has 10 heteroatoms. The Morgan fingerprint density at radius 2 is 1.55 bits per heavy atom. The van der Waals surface area contributed by atoms with Crippen LogP contribution in [0.2, 0.25) is 0 Å². The van der Waals surface area contributed by atoms with Crippen molar-refractivity contribution in [3.05, 3.63) is 29.8 Å². The molecule has 1 N–H and O–H groups in total. The molecule has 2 amide bonds. The number of nitrogens with one attached hydrogen (secondary N) is 1. The highest BCUT2D eigenvalue weighted by Gasteiger charge is 2.51. The highest BCUT2D eigenvalue weighted by Crippen LogP contribution is 2.39. The second-order valence-electron chi connectivity index (χ2n) is 8.11. The molecule has 1 heterocycles. The lowest BCUT2D eigenvalue weighted by molar-refractivity contribution is -0.159. The number of sulfonamides is 1. The summed E-state index contributed by atoms with van der Waals surface area (Å²) in [7, 11) is -3.44. The number of carbonyl (C=O) groups excluding carboxylic acids is 4. The van der Waals surface area contributed by atoms with Crippen molar-refractivity contribution in [2.45, 2.75) is 51.7 Å². The van der Waals surface area contributed by atoms with Gasteiger partial charge in [-0.2, -0.15) is 0 Å². The second-order valence-corrected chi connectivity index (χ2v) is 9.86. The first-order valence-electron chi connectivity index (χ1n) is 10.2. The van der Waals surface area contributed by atoms with Gasteiger partial charge in [-0.1, -0.05) is 12.8 Å². The average Bonchev–Trinajstić information content (AvgIpc) is 2.97. The van der Waals surface area contributed by atoms with Crippen LogP contribution >= 0.6 is 0 Å². The Hall–Kier alpha value is -2.75. The Morgan fingerprint density at radius 1 is 1.03 bits per heavy atom. The average molecular weight is 451 g/mol. The molecular formula is C21H26N2O7S. The predicted octanol–water partition coefficient (Wildman–Crippen LogP) is 1.74. The second kappa shape index (κ2) is 8.78. The minimum atomic E-state index is -3.44. The topological polar surface area (TPSA) is 127 Å². The van der Waals surface area contributed by atoms with Gasteiger partial charge in [-0.3, -0.25) is 24.0 Å². The van der Waals surface area contributed by atoms with E-state index in [0.29, 0.717) is 18.5 Å². The van der Waals surface area contributed by atoms with E-state index in [2.05, 4.69) is 4.72 Å². The zero-order chi connectivity index (χ0) is 22.9. The molecule has 1 aromatic rings. The van der Waals surface area contributed by atoms with Crippen molar-refractivity contribution in [2.75, 3.05) is 11.0 Å². The van der Waals surface area contributed by atoms with Gasteiger partial charge in [0.2, 0.25) is 27.6 Å². The summed E-state index contributed by atoms with van der Waals surface area (Å²) in [5.41, 5.74) is 0.524. The molecule has 168 valence electrons. The van der Waals surface area contributed by atoms with Crippen LogP contribution in [-0.2, 0) is 29.1 Å². The fourth-order valence-corrected chi connectivity index (χ4v) is 4.72. The normalized spacial score (nSPS) is 23.1. The molecule has 9 nitrogen and oxygen atoms in total. The zero-order valence-electron chi connectivity index (χ0n) is 17.7. The van der Waals surface area contributed by atoms with Crippen molar-refractivity contribution in [2.24, 2.45) is 11.8 Å². The highest BCUT2D eigenvalue weighted by molar-refractivity contribution is 7.92. The molecule has 4 unspecified atom stereocenters. The van der Waals surface area contributed by atoms with Crippen molar-refractivity contribution < 1.29 is 32.3 Å². The molecule has 3 rings (SSSR count). The summed E-state index contributed by atoms with van der Waals surface area (Å²) in [4.78, 5) is 51.5. The summed E-state index contributed by atoms with van der Waals surface area (Å²) in [6.07, 6.45) is 2.94. The Labute approximate surface area is 181 Å². The third-order valence-electron chi connectivity index (χ3n) is 5.74. The van der Waals surface area contributed by atoms with Crippen molar-refractivity contribution in [3.8, 4) is 0 Å². The van der Waals surface area contributed by atoms with E-state index >= 15 is 0 Å². The smallest absolute Gasteiger partial charge is 0.329 e. The third-order valence-corrected chi connectivity index (χ3v) is 6.34. The molecule has 1 saturated heterocycles. The van der Waals surface area contributed by atoms with Crippen LogP contribution < -0.4 is 4.72 Å². The van der Waals surface area contributed by atoms with Crippen LogP contribution in [0.15, 0.2) is 24.3 Å². The molecule has 1 aliphatic heterocycles. The molecule has 2 fully saturated rings. The van der Waals surface area contributed by atoms with Crippen molar-refractivity contribution in [1.29, 1.82) is 0 Å². The van der Waals surface area contributed by atoms with Gasteiger partial charge in [0.25, 0.3) is 0 Å². The number of hydrogen-bond acceptors (Lipinski definition) is 7. The van der Waals surface area contributed by atoms with Gasteiger partial charge in [0.05, 0.1) is 18.1 Å². The van der Waals surface area contributed by atoms with Gasteiger partial charge >= 0.3 is 5.97 Å². The molecule has 4 atom stereocenters. The monoisotopic (exact) mass is 450 g/mol. The number of ketones is 1. The fourth-order valence-electron chi connectivity index (χ4n) is 4.15. The van der Waals surface area contributed by atoms with Crippen LogP contribution in [0.25, 0.3) is 0 Å². The molecule has 1 aromatic carbocycles. The summed E-state index contributed by atoms with van der Waals surface area (Å²) in [6, 6.07) is 4.58. The van der Waals surface area contributed by atoms with E-state index < -0.39 is 33.9 Å². The Kier molecular flexibility index (Phi) is 6.49. The van der Waals surface area contributed by atoms with Crippen LogP contribution in [0.1, 0.15) is 49.9 Å². The van der Waals surface area contributed by atoms with Crippen LogP contribution in [0.3, 0.4) is 0 Å². The maximum atomic E-state index is 12.6. The largest absolute Gasteiger partial charge is 0.453 e.